The predicted octanol–water partition coefficient (Wildman–Crippen LogP) is 5.34. The molecule has 3 rings (SSSR count). The SMILES string of the molecule is CC(C)CCC(=O)N([C@@H](CC=Cc1ccccc1)C(=O)NO[C@@H]1CCCCO1)N(CC(C)C)C(=O)c1ccc[nH]1. The van der Waals surface area contributed by atoms with Crippen LogP contribution >= 0.6 is 0 Å². The molecule has 1 fully saturated rings. The number of hydrogen-bond acceptors (Lipinski definition) is 5. The van der Waals surface area contributed by atoms with Crippen LogP contribution in [0, 0.1) is 11.8 Å². The van der Waals surface area contributed by atoms with Gasteiger partial charge in [0.15, 0.2) is 6.29 Å². The number of H-pyrrole nitrogens is 1. The molecule has 1 aromatic carbocycles. The van der Waals surface area contributed by atoms with E-state index in [2.05, 4.69) is 10.5 Å². The number of ether oxygens (including phenoxy) is 1. The molecule has 9 heteroatoms. The highest BCUT2D eigenvalue weighted by atomic mass is 16.8. The van der Waals surface area contributed by atoms with Gasteiger partial charge in [-0.2, -0.15) is 0 Å². The summed E-state index contributed by atoms with van der Waals surface area (Å²) in [6.45, 7) is 8.84. The number of aromatic amines is 1. The van der Waals surface area contributed by atoms with Gasteiger partial charge in [0.2, 0.25) is 5.91 Å². The predicted molar refractivity (Wildman–Crippen MR) is 154 cm³/mol. The van der Waals surface area contributed by atoms with E-state index in [-0.39, 0.29) is 43.0 Å². The highest BCUT2D eigenvalue weighted by Gasteiger charge is 2.37. The van der Waals surface area contributed by atoms with Gasteiger partial charge in [0, 0.05) is 32.2 Å². The zero-order chi connectivity index (χ0) is 28.9. The number of rotatable bonds is 13. The normalized spacial score (nSPS) is 16.3. The van der Waals surface area contributed by atoms with Crippen molar-refractivity contribution >= 4 is 23.8 Å². The summed E-state index contributed by atoms with van der Waals surface area (Å²) in [5.41, 5.74) is 3.85. The van der Waals surface area contributed by atoms with Crippen molar-refractivity contribution < 1.29 is 24.0 Å². The third-order valence-electron chi connectivity index (χ3n) is 6.55. The largest absolute Gasteiger partial charge is 0.357 e. The van der Waals surface area contributed by atoms with Crippen LogP contribution in [0.2, 0.25) is 0 Å². The van der Waals surface area contributed by atoms with Crippen molar-refractivity contribution in [2.45, 2.75) is 78.6 Å². The van der Waals surface area contributed by atoms with Crippen LogP contribution in [-0.2, 0) is 19.2 Å². The number of hydrogen-bond donors (Lipinski definition) is 2. The van der Waals surface area contributed by atoms with Crippen LogP contribution in [0.5, 0.6) is 0 Å². The second kappa shape index (κ2) is 16.0. The second-order valence-corrected chi connectivity index (χ2v) is 11.0. The highest BCUT2D eigenvalue weighted by Crippen LogP contribution is 2.20. The number of carbonyl (C=O) groups is 3. The molecule has 218 valence electrons. The first-order valence-electron chi connectivity index (χ1n) is 14.3. The van der Waals surface area contributed by atoms with E-state index >= 15 is 0 Å². The number of benzene rings is 1. The van der Waals surface area contributed by atoms with E-state index < -0.39 is 18.2 Å². The van der Waals surface area contributed by atoms with Crippen LogP contribution in [0.15, 0.2) is 54.7 Å². The second-order valence-electron chi connectivity index (χ2n) is 11.0. The lowest BCUT2D eigenvalue weighted by Crippen LogP contribution is -2.60. The van der Waals surface area contributed by atoms with Crippen molar-refractivity contribution in [1.29, 1.82) is 0 Å². The third kappa shape index (κ3) is 9.64. The molecule has 1 aliphatic heterocycles. The minimum atomic E-state index is -1.03. The maximum atomic E-state index is 13.9. The monoisotopic (exact) mass is 552 g/mol. The van der Waals surface area contributed by atoms with Gasteiger partial charge in [-0.3, -0.25) is 14.4 Å². The lowest BCUT2D eigenvalue weighted by molar-refractivity contribution is -0.204. The van der Waals surface area contributed by atoms with E-state index in [0.717, 1.165) is 18.4 Å². The zero-order valence-electron chi connectivity index (χ0n) is 24.2. The van der Waals surface area contributed by atoms with Gasteiger partial charge in [-0.1, -0.05) is 70.2 Å². The maximum Gasteiger partial charge on any atom is 0.288 e. The van der Waals surface area contributed by atoms with Crippen molar-refractivity contribution in [3.8, 4) is 0 Å². The molecule has 0 aliphatic carbocycles. The first kappa shape index (κ1) is 31.1. The topological polar surface area (TPSA) is 104 Å². The number of carbonyl (C=O) groups excluding carboxylic acids is 3. The Kier molecular flexibility index (Phi) is 12.4. The van der Waals surface area contributed by atoms with Crippen LogP contribution in [0.4, 0.5) is 0 Å². The Hall–Kier alpha value is -3.43. The van der Waals surface area contributed by atoms with Crippen molar-refractivity contribution in [1.82, 2.24) is 20.5 Å². The smallest absolute Gasteiger partial charge is 0.288 e. The maximum absolute atomic E-state index is 13.9. The molecule has 0 bridgehead atoms. The molecule has 0 unspecified atom stereocenters. The Balaban J connectivity index is 1.97. The summed E-state index contributed by atoms with van der Waals surface area (Å²) >= 11 is 0. The van der Waals surface area contributed by atoms with E-state index in [4.69, 9.17) is 9.57 Å². The molecule has 2 N–H and O–H groups in total. The Morgan fingerprint density at radius 3 is 2.48 bits per heavy atom. The number of nitrogens with zero attached hydrogens (tertiary/aromatic N) is 2. The Labute approximate surface area is 237 Å². The highest BCUT2D eigenvalue weighted by molar-refractivity contribution is 5.95. The van der Waals surface area contributed by atoms with Crippen molar-refractivity contribution in [3.05, 3.63) is 66.0 Å². The molecule has 1 aliphatic rings. The molecule has 40 heavy (non-hydrogen) atoms. The van der Waals surface area contributed by atoms with Crippen molar-refractivity contribution in [2.75, 3.05) is 13.2 Å². The fourth-order valence-electron chi connectivity index (χ4n) is 4.43. The first-order valence-corrected chi connectivity index (χ1v) is 14.3. The molecular weight excluding hydrogens is 508 g/mol. The minimum Gasteiger partial charge on any atom is -0.357 e. The average molecular weight is 553 g/mol. The zero-order valence-corrected chi connectivity index (χ0v) is 24.2. The molecule has 2 atom stereocenters. The van der Waals surface area contributed by atoms with Crippen LogP contribution in [0.1, 0.15) is 82.3 Å². The van der Waals surface area contributed by atoms with Gasteiger partial charge in [0.05, 0.1) is 0 Å². The molecule has 9 nitrogen and oxygen atoms in total. The van der Waals surface area contributed by atoms with Crippen LogP contribution in [-0.4, -0.2) is 58.2 Å². The summed E-state index contributed by atoms with van der Waals surface area (Å²) in [4.78, 5) is 50.0. The van der Waals surface area contributed by atoms with E-state index in [1.54, 1.807) is 18.3 Å². The van der Waals surface area contributed by atoms with Gasteiger partial charge in [0.1, 0.15) is 11.7 Å². The number of hydroxylamine groups is 1. The molecule has 1 aromatic heterocycles. The summed E-state index contributed by atoms with van der Waals surface area (Å²) in [5, 5.41) is 2.76. The summed E-state index contributed by atoms with van der Waals surface area (Å²) < 4.78 is 5.61. The fourth-order valence-corrected chi connectivity index (χ4v) is 4.43. The van der Waals surface area contributed by atoms with Gasteiger partial charge in [-0.15, -0.1) is 0 Å². The third-order valence-corrected chi connectivity index (χ3v) is 6.55. The Morgan fingerprint density at radius 2 is 1.85 bits per heavy atom. The van der Waals surface area contributed by atoms with E-state index in [1.807, 2.05) is 70.2 Å². The van der Waals surface area contributed by atoms with E-state index in [9.17, 15) is 14.4 Å². The molecule has 1 saturated heterocycles. The molecule has 3 amide bonds. The Bertz CT molecular complexity index is 1080. The molecule has 2 heterocycles. The average Bonchev–Trinajstić information content (AvgIpc) is 3.49. The van der Waals surface area contributed by atoms with Gasteiger partial charge < -0.3 is 9.72 Å². The number of hydrazine groups is 1. The van der Waals surface area contributed by atoms with E-state index in [1.165, 1.54) is 10.0 Å². The molecular formula is C31H44N4O5. The Morgan fingerprint density at radius 1 is 1.07 bits per heavy atom. The summed E-state index contributed by atoms with van der Waals surface area (Å²) in [5.74, 6) is -0.873. The van der Waals surface area contributed by atoms with Crippen LogP contribution < -0.4 is 5.48 Å². The lowest BCUT2D eigenvalue weighted by atomic mass is 10.1. The van der Waals surface area contributed by atoms with E-state index in [0.29, 0.717) is 25.1 Å². The molecule has 0 radical (unpaired) electrons. The van der Waals surface area contributed by atoms with Crippen molar-refractivity contribution in [3.63, 3.8) is 0 Å². The summed E-state index contributed by atoms with van der Waals surface area (Å²) in [7, 11) is 0. The minimum absolute atomic E-state index is 0.0368. The number of amides is 3. The standard InChI is InChI=1S/C31H44N4O5/c1-23(2)18-19-28(36)35(34(22-24(3)4)31(38)26-15-11-20-32-26)27(16-10-14-25-12-6-5-7-13-25)30(37)33-40-29-17-8-9-21-39-29/h5-7,10-15,20,23-24,27,29,32H,8-9,16-19,21-22H2,1-4H3,(H,33,37)/t27-,29+/m0/s1. The van der Waals surface area contributed by atoms with Crippen LogP contribution in [0.3, 0.4) is 0 Å². The van der Waals surface area contributed by atoms with Gasteiger partial charge in [0.25, 0.3) is 11.8 Å². The fraction of sp³-hybridized carbons (Fsp3) is 0.516. The lowest BCUT2D eigenvalue weighted by Gasteiger charge is -2.40. The molecule has 0 spiro atoms. The summed E-state index contributed by atoms with van der Waals surface area (Å²) in [6.07, 6.45) is 8.43. The summed E-state index contributed by atoms with van der Waals surface area (Å²) in [6, 6.07) is 12.1. The number of nitrogens with one attached hydrogen (secondary N) is 2. The van der Waals surface area contributed by atoms with Crippen molar-refractivity contribution in [2.24, 2.45) is 11.8 Å². The van der Waals surface area contributed by atoms with Crippen LogP contribution in [0.25, 0.3) is 6.08 Å². The number of aromatic nitrogens is 1. The van der Waals surface area contributed by atoms with Gasteiger partial charge in [-0.25, -0.2) is 20.3 Å². The molecule has 0 saturated carbocycles. The van der Waals surface area contributed by atoms with Gasteiger partial charge >= 0.3 is 0 Å². The quantitative estimate of drug-likeness (QED) is 0.327. The molecule has 2 aromatic rings. The van der Waals surface area contributed by atoms with Gasteiger partial charge in [-0.05, 0) is 55.2 Å². The first-order chi connectivity index (χ1) is 19.3.